The topological polar surface area (TPSA) is 64.3 Å². The number of carbonyl (C=O) groups excluding carboxylic acids is 1. The minimum atomic E-state index is -0.323. The Morgan fingerprint density at radius 2 is 2.00 bits per heavy atom. The van der Waals surface area contributed by atoms with E-state index < -0.39 is 0 Å². The molecule has 0 saturated heterocycles. The van der Waals surface area contributed by atoms with Gasteiger partial charge in [0.05, 0.1) is 10.0 Å². The van der Waals surface area contributed by atoms with Gasteiger partial charge in [0.25, 0.3) is 5.91 Å². The smallest absolute Gasteiger partial charge is 0.262 e. The average Bonchev–Trinajstić information content (AvgIpc) is 2.41. The van der Waals surface area contributed by atoms with Gasteiger partial charge in [0.15, 0.2) is 6.61 Å². The van der Waals surface area contributed by atoms with Crippen LogP contribution in [-0.2, 0) is 4.79 Å². The van der Waals surface area contributed by atoms with Crippen molar-refractivity contribution in [2.45, 2.75) is 0 Å². The van der Waals surface area contributed by atoms with E-state index in [2.05, 4.69) is 21.2 Å². The zero-order chi connectivity index (χ0) is 15.4. The molecule has 110 valence electrons. The molecule has 0 bridgehead atoms. The molecule has 0 aliphatic heterocycles. The first-order chi connectivity index (χ1) is 9.95. The van der Waals surface area contributed by atoms with E-state index in [4.69, 9.17) is 33.7 Å². The van der Waals surface area contributed by atoms with Crippen LogP contribution in [0.2, 0.25) is 10.0 Å². The molecule has 21 heavy (non-hydrogen) atoms. The fraction of sp³-hybridized carbons (Fsp3) is 0.0714. The first kappa shape index (κ1) is 15.9. The normalized spacial score (nSPS) is 10.2. The van der Waals surface area contributed by atoms with Gasteiger partial charge < -0.3 is 15.8 Å². The van der Waals surface area contributed by atoms with Crippen molar-refractivity contribution in [3.63, 3.8) is 0 Å². The molecule has 0 atom stereocenters. The molecule has 2 aromatic rings. The quantitative estimate of drug-likeness (QED) is 0.603. The summed E-state index contributed by atoms with van der Waals surface area (Å²) in [6.07, 6.45) is 0. The molecule has 0 aromatic heterocycles. The van der Waals surface area contributed by atoms with Crippen LogP contribution in [0.5, 0.6) is 5.75 Å². The highest BCUT2D eigenvalue weighted by atomic mass is 79.9. The van der Waals surface area contributed by atoms with E-state index in [1.54, 1.807) is 36.4 Å². The maximum absolute atomic E-state index is 11.8. The number of halogens is 3. The summed E-state index contributed by atoms with van der Waals surface area (Å²) in [5.41, 5.74) is 6.80. The molecule has 0 saturated carbocycles. The zero-order valence-corrected chi connectivity index (χ0v) is 13.8. The summed E-state index contributed by atoms with van der Waals surface area (Å²) in [5, 5.41) is 3.48. The third-order valence-corrected chi connectivity index (χ3v) is 4.00. The van der Waals surface area contributed by atoms with Crippen LogP contribution in [0.25, 0.3) is 0 Å². The molecule has 0 spiro atoms. The number of carbonyl (C=O) groups is 1. The number of hydrogen-bond acceptors (Lipinski definition) is 3. The van der Waals surface area contributed by atoms with Gasteiger partial charge in [0, 0.05) is 21.9 Å². The van der Waals surface area contributed by atoms with Crippen LogP contribution >= 0.6 is 39.1 Å². The SMILES string of the molecule is Nc1cccc(NC(=O)COc2cc(Cl)c(Br)cc2Cl)c1. The third-order valence-electron chi connectivity index (χ3n) is 2.50. The van der Waals surface area contributed by atoms with E-state index in [1.165, 1.54) is 0 Å². The second-order valence-corrected chi connectivity index (χ2v) is 5.83. The van der Waals surface area contributed by atoms with Crippen LogP contribution < -0.4 is 15.8 Å². The minimum Gasteiger partial charge on any atom is -0.482 e. The van der Waals surface area contributed by atoms with E-state index in [1.807, 2.05) is 0 Å². The molecule has 4 nitrogen and oxygen atoms in total. The number of ether oxygens (including phenoxy) is 1. The van der Waals surface area contributed by atoms with Crippen molar-refractivity contribution in [1.29, 1.82) is 0 Å². The van der Waals surface area contributed by atoms with Crippen LogP contribution in [0, 0.1) is 0 Å². The second kappa shape index (κ2) is 7.02. The number of amides is 1. The van der Waals surface area contributed by atoms with Crippen molar-refractivity contribution in [2.75, 3.05) is 17.7 Å². The Labute approximate surface area is 140 Å². The number of nitrogens with one attached hydrogen (secondary N) is 1. The number of anilines is 2. The Bertz CT molecular complexity index is 680. The minimum absolute atomic E-state index is 0.188. The molecular weight excluding hydrogens is 379 g/mol. The largest absolute Gasteiger partial charge is 0.482 e. The van der Waals surface area contributed by atoms with Gasteiger partial charge in [-0.05, 0) is 40.2 Å². The van der Waals surface area contributed by atoms with Gasteiger partial charge in [0.2, 0.25) is 0 Å². The van der Waals surface area contributed by atoms with Gasteiger partial charge in [-0.3, -0.25) is 4.79 Å². The Balaban J connectivity index is 1.97. The van der Waals surface area contributed by atoms with Crippen LogP contribution in [0.3, 0.4) is 0 Å². The summed E-state index contributed by atoms with van der Waals surface area (Å²) in [7, 11) is 0. The van der Waals surface area contributed by atoms with Gasteiger partial charge in [-0.2, -0.15) is 0 Å². The fourth-order valence-electron chi connectivity index (χ4n) is 1.57. The summed E-state index contributed by atoms with van der Waals surface area (Å²) in [4.78, 5) is 11.8. The number of hydrogen-bond donors (Lipinski definition) is 2. The molecule has 0 aliphatic carbocycles. The molecule has 0 heterocycles. The lowest BCUT2D eigenvalue weighted by Gasteiger charge is -2.10. The molecule has 0 aliphatic rings. The van der Waals surface area contributed by atoms with Gasteiger partial charge in [-0.25, -0.2) is 0 Å². The maximum Gasteiger partial charge on any atom is 0.262 e. The lowest BCUT2D eigenvalue weighted by Crippen LogP contribution is -2.20. The first-order valence-corrected chi connectivity index (χ1v) is 7.43. The van der Waals surface area contributed by atoms with Crippen molar-refractivity contribution >= 4 is 56.4 Å². The van der Waals surface area contributed by atoms with Gasteiger partial charge in [-0.15, -0.1) is 0 Å². The van der Waals surface area contributed by atoms with Gasteiger partial charge in [0.1, 0.15) is 5.75 Å². The van der Waals surface area contributed by atoms with E-state index >= 15 is 0 Å². The Morgan fingerprint density at radius 1 is 1.24 bits per heavy atom. The summed E-state index contributed by atoms with van der Waals surface area (Å²) < 4.78 is 6.01. The van der Waals surface area contributed by atoms with E-state index in [-0.39, 0.29) is 12.5 Å². The molecular formula is C14H11BrCl2N2O2. The molecule has 0 radical (unpaired) electrons. The summed E-state index contributed by atoms with van der Waals surface area (Å²) in [6, 6.07) is 10.0. The molecule has 3 N–H and O–H groups in total. The highest BCUT2D eigenvalue weighted by Crippen LogP contribution is 2.34. The van der Waals surface area contributed by atoms with E-state index in [0.717, 1.165) is 0 Å². The predicted octanol–water partition coefficient (Wildman–Crippen LogP) is 4.36. The van der Waals surface area contributed by atoms with Crippen molar-refractivity contribution in [2.24, 2.45) is 0 Å². The van der Waals surface area contributed by atoms with Gasteiger partial charge in [-0.1, -0.05) is 29.3 Å². The van der Waals surface area contributed by atoms with Crippen molar-refractivity contribution in [3.05, 3.63) is 50.9 Å². The van der Waals surface area contributed by atoms with Gasteiger partial charge >= 0.3 is 0 Å². The number of benzene rings is 2. The van der Waals surface area contributed by atoms with Crippen LogP contribution in [-0.4, -0.2) is 12.5 Å². The molecule has 7 heteroatoms. The maximum atomic E-state index is 11.8. The highest BCUT2D eigenvalue weighted by molar-refractivity contribution is 9.10. The Hall–Kier alpha value is -1.43. The monoisotopic (exact) mass is 388 g/mol. The summed E-state index contributed by atoms with van der Waals surface area (Å²) in [6.45, 7) is -0.188. The summed E-state index contributed by atoms with van der Waals surface area (Å²) in [5.74, 6) is 0.0169. The summed E-state index contributed by atoms with van der Waals surface area (Å²) >= 11 is 15.2. The first-order valence-electron chi connectivity index (χ1n) is 5.88. The standard InChI is InChI=1S/C14H11BrCl2N2O2/c15-10-5-12(17)13(6-11(10)16)21-7-14(20)19-9-3-1-2-8(18)4-9/h1-6H,7,18H2,(H,19,20). The van der Waals surface area contributed by atoms with E-state index in [0.29, 0.717) is 31.6 Å². The number of rotatable bonds is 4. The highest BCUT2D eigenvalue weighted by Gasteiger charge is 2.09. The van der Waals surface area contributed by atoms with Crippen molar-refractivity contribution in [1.82, 2.24) is 0 Å². The lowest BCUT2D eigenvalue weighted by atomic mass is 10.3. The van der Waals surface area contributed by atoms with Crippen LogP contribution in [0.15, 0.2) is 40.9 Å². The second-order valence-electron chi connectivity index (χ2n) is 4.16. The van der Waals surface area contributed by atoms with Crippen molar-refractivity contribution < 1.29 is 9.53 Å². The Morgan fingerprint density at radius 3 is 2.71 bits per heavy atom. The van der Waals surface area contributed by atoms with E-state index in [9.17, 15) is 4.79 Å². The predicted molar refractivity (Wildman–Crippen MR) is 89.1 cm³/mol. The molecule has 1 amide bonds. The Kier molecular flexibility index (Phi) is 5.33. The van der Waals surface area contributed by atoms with Crippen molar-refractivity contribution in [3.8, 4) is 5.75 Å². The average molecular weight is 390 g/mol. The van der Waals surface area contributed by atoms with Crippen LogP contribution in [0.4, 0.5) is 11.4 Å². The molecule has 0 fully saturated rings. The molecule has 2 aromatic carbocycles. The fourth-order valence-corrected chi connectivity index (χ4v) is 2.42. The number of nitrogen functional groups attached to an aromatic ring is 1. The van der Waals surface area contributed by atoms with Crippen LogP contribution in [0.1, 0.15) is 0 Å². The molecule has 2 rings (SSSR count). The zero-order valence-electron chi connectivity index (χ0n) is 10.7. The molecule has 0 unspecified atom stereocenters. The number of nitrogens with two attached hydrogens (primary N) is 1. The third kappa shape index (κ3) is 4.52. The lowest BCUT2D eigenvalue weighted by molar-refractivity contribution is -0.118.